The number of hydrogen-bond acceptors (Lipinski definition) is 1. The molecule has 3 rings (SSSR count). The van der Waals surface area contributed by atoms with E-state index in [9.17, 15) is 9.18 Å². The van der Waals surface area contributed by atoms with Crippen molar-refractivity contribution in [2.24, 2.45) is 11.8 Å². The van der Waals surface area contributed by atoms with Crippen LogP contribution >= 0.6 is 0 Å². The highest BCUT2D eigenvalue weighted by Crippen LogP contribution is 2.32. The Morgan fingerprint density at radius 2 is 2.05 bits per heavy atom. The van der Waals surface area contributed by atoms with Gasteiger partial charge in [0.1, 0.15) is 5.82 Å². The molecule has 2 aliphatic rings. The lowest BCUT2D eigenvalue weighted by atomic mass is 9.75. The van der Waals surface area contributed by atoms with E-state index in [0.29, 0.717) is 12.2 Å². The van der Waals surface area contributed by atoms with Crippen LogP contribution in [0.15, 0.2) is 18.2 Å². The molecule has 1 aliphatic carbocycles. The molecule has 22 heavy (non-hydrogen) atoms. The molecule has 0 radical (unpaired) electrons. The molecular weight excluding hydrogens is 279 g/mol. The van der Waals surface area contributed by atoms with E-state index in [0.717, 1.165) is 30.5 Å². The molecule has 0 bridgehead atoms. The largest absolute Gasteiger partial charge is 0.327 e. The molecule has 1 unspecified atom stereocenters. The minimum atomic E-state index is -0.352. The van der Waals surface area contributed by atoms with Crippen molar-refractivity contribution in [1.82, 2.24) is 0 Å². The first-order valence-electron chi connectivity index (χ1n) is 8.51. The Balaban J connectivity index is 1.53. The van der Waals surface area contributed by atoms with Crippen LogP contribution in [0.25, 0.3) is 0 Å². The molecule has 1 saturated heterocycles. The van der Waals surface area contributed by atoms with Gasteiger partial charge in [0.15, 0.2) is 6.54 Å². The average Bonchev–Trinajstić information content (AvgIpc) is 2.50. The zero-order valence-electron chi connectivity index (χ0n) is 13.3. The summed E-state index contributed by atoms with van der Waals surface area (Å²) in [5.74, 6) is 1.25. The van der Waals surface area contributed by atoms with Crippen LogP contribution in [-0.2, 0) is 4.79 Å². The van der Waals surface area contributed by atoms with Crippen molar-refractivity contribution in [2.75, 3.05) is 25.0 Å². The molecule has 1 heterocycles. The minimum Gasteiger partial charge on any atom is -0.327 e. The molecule has 0 spiro atoms. The highest BCUT2D eigenvalue weighted by molar-refractivity contribution is 5.91. The van der Waals surface area contributed by atoms with Crippen LogP contribution in [0.4, 0.5) is 10.1 Å². The van der Waals surface area contributed by atoms with E-state index < -0.39 is 0 Å². The Morgan fingerprint density at radius 3 is 2.82 bits per heavy atom. The van der Waals surface area contributed by atoms with Gasteiger partial charge in [-0.25, -0.2) is 4.39 Å². The van der Waals surface area contributed by atoms with Gasteiger partial charge >= 0.3 is 0 Å². The summed E-state index contributed by atoms with van der Waals surface area (Å²) >= 11 is 0. The number of fused-ring (bicyclic) bond motifs is 1. The molecule has 1 aromatic rings. The maximum Gasteiger partial charge on any atom is 0.279 e. The Kier molecular flexibility index (Phi) is 4.77. The molecule has 1 aliphatic heterocycles. The van der Waals surface area contributed by atoms with Crippen molar-refractivity contribution in [3.8, 4) is 0 Å². The van der Waals surface area contributed by atoms with Gasteiger partial charge < -0.3 is 10.2 Å². The second-order valence-electron chi connectivity index (χ2n) is 7.01. The number of amides is 1. The highest BCUT2D eigenvalue weighted by atomic mass is 19.1. The molecular formula is C18H26FN2O+. The van der Waals surface area contributed by atoms with E-state index in [1.54, 1.807) is 6.07 Å². The third kappa shape index (κ3) is 3.67. The summed E-state index contributed by atoms with van der Waals surface area (Å²) in [6.07, 6.45) is 6.66. The lowest BCUT2D eigenvalue weighted by Crippen LogP contribution is -3.15. The molecule has 2 N–H and O–H groups in total. The Bertz CT molecular complexity index is 546. The second-order valence-corrected chi connectivity index (χ2v) is 7.01. The second kappa shape index (κ2) is 6.78. The van der Waals surface area contributed by atoms with Gasteiger partial charge in [0.2, 0.25) is 0 Å². The average molecular weight is 305 g/mol. The van der Waals surface area contributed by atoms with Gasteiger partial charge in [-0.15, -0.1) is 0 Å². The smallest absolute Gasteiger partial charge is 0.279 e. The summed E-state index contributed by atoms with van der Waals surface area (Å²) in [6.45, 7) is 4.48. The fraction of sp³-hybridized carbons (Fsp3) is 0.611. The van der Waals surface area contributed by atoms with Crippen molar-refractivity contribution >= 4 is 11.6 Å². The van der Waals surface area contributed by atoms with E-state index in [1.807, 2.05) is 13.0 Å². The van der Waals surface area contributed by atoms with Crippen molar-refractivity contribution in [2.45, 2.75) is 39.0 Å². The van der Waals surface area contributed by atoms with Crippen molar-refractivity contribution in [3.63, 3.8) is 0 Å². The normalized spacial score (nSPS) is 28.0. The van der Waals surface area contributed by atoms with Gasteiger partial charge in [0.25, 0.3) is 5.91 Å². The number of anilines is 1. The van der Waals surface area contributed by atoms with Crippen LogP contribution in [0.5, 0.6) is 0 Å². The number of carbonyl (C=O) groups is 1. The monoisotopic (exact) mass is 305 g/mol. The number of quaternary nitrogens is 1. The topological polar surface area (TPSA) is 33.5 Å². The highest BCUT2D eigenvalue weighted by Gasteiger charge is 2.34. The van der Waals surface area contributed by atoms with Gasteiger partial charge in [-0.3, -0.25) is 4.79 Å². The van der Waals surface area contributed by atoms with Crippen LogP contribution in [0.3, 0.4) is 0 Å². The maximum atomic E-state index is 13.8. The van der Waals surface area contributed by atoms with E-state index in [4.69, 9.17) is 0 Å². The number of rotatable bonds is 3. The van der Waals surface area contributed by atoms with Crippen molar-refractivity contribution in [1.29, 1.82) is 0 Å². The number of hydrogen-bond donors (Lipinski definition) is 2. The quantitative estimate of drug-likeness (QED) is 0.881. The van der Waals surface area contributed by atoms with Crippen LogP contribution in [0.1, 0.15) is 37.7 Å². The molecule has 3 atom stereocenters. The van der Waals surface area contributed by atoms with E-state index in [1.165, 1.54) is 43.1 Å². The van der Waals surface area contributed by atoms with Gasteiger partial charge in [0, 0.05) is 5.92 Å². The summed E-state index contributed by atoms with van der Waals surface area (Å²) in [5, 5.41) is 2.72. The lowest BCUT2D eigenvalue weighted by Gasteiger charge is -2.38. The molecule has 2 fully saturated rings. The van der Waals surface area contributed by atoms with Crippen LogP contribution in [-0.4, -0.2) is 25.5 Å². The molecule has 120 valence electrons. The zero-order chi connectivity index (χ0) is 15.5. The summed E-state index contributed by atoms with van der Waals surface area (Å²) in [5.41, 5.74) is 1.16. The molecule has 3 nitrogen and oxygen atoms in total. The zero-order valence-corrected chi connectivity index (χ0v) is 13.3. The molecule has 0 aromatic heterocycles. The lowest BCUT2D eigenvalue weighted by molar-refractivity contribution is -0.902. The fourth-order valence-corrected chi connectivity index (χ4v) is 4.10. The van der Waals surface area contributed by atoms with Gasteiger partial charge in [-0.05, 0) is 49.8 Å². The van der Waals surface area contributed by atoms with E-state index in [-0.39, 0.29) is 11.7 Å². The van der Waals surface area contributed by atoms with Crippen LogP contribution < -0.4 is 10.2 Å². The number of carbonyl (C=O) groups excluding carboxylic acids is 1. The van der Waals surface area contributed by atoms with Crippen molar-refractivity contribution in [3.05, 3.63) is 29.6 Å². The first-order valence-corrected chi connectivity index (χ1v) is 8.51. The van der Waals surface area contributed by atoms with Crippen molar-refractivity contribution < 1.29 is 14.1 Å². The SMILES string of the molecule is Cc1ccc(NC(=O)C[NH+]2CC[C@H]3CCCC[C@@H]3C2)c(F)c1. The van der Waals surface area contributed by atoms with Crippen LogP contribution in [0, 0.1) is 24.6 Å². The first kappa shape index (κ1) is 15.5. The Morgan fingerprint density at radius 1 is 1.27 bits per heavy atom. The van der Waals surface area contributed by atoms with E-state index >= 15 is 0 Å². The number of benzene rings is 1. The summed E-state index contributed by atoms with van der Waals surface area (Å²) in [4.78, 5) is 13.5. The number of nitrogens with one attached hydrogen (secondary N) is 2. The third-order valence-electron chi connectivity index (χ3n) is 5.30. The molecule has 1 aromatic carbocycles. The molecule has 1 amide bonds. The fourth-order valence-electron chi connectivity index (χ4n) is 4.10. The minimum absolute atomic E-state index is 0.0768. The predicted molar refractivity (Wildman–Crippen MR) is 85.4 cm³/mol. The number of piperidine rings is 1. The predicted octanol–water partition coefficient (Wildman–Crippen LogP) is 2.17. The Hall–Kier alpha value is -1.42. The number of aryl methyl sites for hydroxylation is 1. The van der Waals surface area contributed by atoms with E-state index in [2.05, 4.69) is 5.32 Å². The van der Waals surface area contributed by atoms with Gasteiger partial charge in [-0.2, -0.15) is 0 Å². The number of likely N-dealkylation sites (tertiary alicyclic amines) is 1. The van der Waals surface area contributed by atoms with Gasteiger partial charge in [0.05, 0.1) is 18.8 Å². The van der Waals surface area contributed by atoms with Gasteiger partial charge in [-0.1, -0.05) is 18.9 Å². The Labute approximate surface area is 131 Å². The first-order chi connectivity index (χ1) is 10.6. The summed E-state index contributed by atoms with van der Waals surface area (Å²) in [7, 11) is 0. The summed E-state index contributed by atoms with van der Waals surface area (Å²) < 4.78 is 13.8. The number of halogens is 1. The molecule has 1 saturated carbocycles. The van der Waals surface area contributed by atoms with Crippen LogP contribution in [0.2, 0.25) is 0 Å². The third-order valence-corrected chi connectivity index (χ3v) is 5.30. The molecule has 4 heteroatoms. The summed E-state index contributed by atoms with van der Waals surface area (Å²) in [6, 6.07) is 4.92. The standard InChI is InChI=1S/C18H25FN2O/c1-13-6-7-17(16(19)10-13)20-18(22)12-21-9-8-14-4-2-3-5-15(14)11-21/h6-7,10,14-15H,2-5,8-9,11-12H2,1H3,(H,20,22)/p+1/t14-,15-/m1/s1. The maximum absolute atomic E-state index is 13.8.